The molecule has 1 N–H and O–H groups in total. The summed E-state index contributed by atoms with van der Waals surface area (Å²) < 4.78 is 0. The Labute approximate surface area is 92.4 Å². The van der Waals surface area contributed by atoms with Gasteiger partial charge >= 0.3 is 0 Å². The molecule has 3 nitrogen and oxygen atoms in total. The van der Waals surface area contributed by atoms with E-state index in [2.05, 4.69) is 23.3 Å². The fraction of sp³-hybridized carbons (Fsp3) is 0.833. The van der Waals surface area contributed by atoms with Crippen molar-refractivity contribution in [3.63, 3.8) is 0 Å². The van der Waals surface area contributed by atoms with Gasteiger partial charge in [0.15, 0.2) is 0 Å². The quantitative estimate of drug-likeness (QED) is 0.692. The van der Waals surface area contributed by atoms with Gasteiger partial charge in [0.25, 0.3) is 0 Å². The number of fused-ring (bicyclic) bond motifs is 3. The van der Waals surface area contributed by atoms with Crippen LogP contribution in [0.5, 0.6) is 0 Å². The van der Waals surface area contributed by atoms with Gasteiger partial charge < -0.3 is 5.11 Å². The van der Waals surface area contributed by atoms with Gasteiger partial charge in [-0.05, 0) is 12.8 Å². The minimum Gasteiger partial charge on any atom is -0.391 e. The fourth-order valence-corrected chi connectivity index (χ4v) is 2.60. The second kappa shape index (κ2) is 4.64. The molecule has 0 aliphatic carbocycles. The first-order valence-electron chi connectivity index (χ1n) is 6.02. The van der Waals surface area contributed by atoms with Crippen molar-refractivity contribution in [1.82, 2.24) is 9.80 Å². The molecule has 2 bridgehead atoms. The second-order valence-corrected chi connectivity index (χ2v) is 4.78. The highest BCUT2D eigenvalue weighted by molar-refractivity contribution is 5.00. The molecule has 2 unspecified atom stereocenters. The zero-order valence-electron chi connectivity index (χ0n) is 9.65. The van der Waals surface area contributed by atoms with Crippen LogP contribution in [0.25, 0.3) is 0 Å². The molecule has 0 amide bonds. The average Bonchev–Trinajstić information content (AvgIpc) is 2.30. The molecular weight excluding hydrogens is 188 g/mol. The van der Waals surface area contributed by atoms with Gasteiger partial charge in [-0.2, -0.15) is 0 Å². The van der Waals surface area contributed by atoms with Gasteiger partial charge in [0.1, 0.15) is 0 Å². The number of aliphatic hydroxyl groups is 1. The van der Waals surface area contributed by atoms with Crippen LogP contribution in [-0.2, 0) is 0 Å². The van der Waals surface area contributed by atoms with Gasteiger partial charge in [-0.15, -0.1) is 0 Å². The standard InChI is InChI=1S/C12H22N2O/c1-3-10(2)8-12(15)11-9-13-4-6-14(11)7-5-13/h11-12,15H,2-9H2,1H3. The number of piperazine rings is 3. The first-order chi connectivity index (χ1) is 7.20. The lowest BCUT2D eigenvalue weighted by molar-refractivity contribution is -0.0454. The molecule has 86 valence electrons. The van der Waals surface area contributed by atoms with Crippen molar-refractivity contribution in [2.24, 2.45) is 0 Å². The van der Waals surface area contributed by atoms with Crippen molar-refractivity contribution in [3.8, 4) is 0 Å². The topological polar surface area (TPSA) is 26.7 Å². The van der Waals surface area contributed by atoms with E-state index in [0.717, 1.165) is 32.5 Å². The fourth-order valence-electron chi connectivity index (χ4n) is 2.60. The zero-order valence-corrected chi connectivity index (χ0v) is 9.65. The third-order valence-corrected chi connectivity index (χ3v) is 3.76. The summed E-state index contributed by atoms with van der Waals surface area (Å²) in [6.07, 6.45) is 1.53. The third kappa shape index (κ3) is 2.41. The number of nitrogens with zero attached hydrogens (tertiary/aromatic N) is 2. The molecule has 3 aliphatic heterocycles. The maximum absolute atomic E-state index is 10.2. The van der Waals surface area contributed by atoms with E-state index >= 15 is 0 Å². The summed E-state index contributed by atoms with van der Waals surface area (Å²) in [6.45, 7) is 11.7. The smallest absolute Gasteiger partial charge is 0.0744 e. The van der Waals surface area contributed by atoms with Crippen LogP contribution in [0.15, 0.2) is 12.2 Å². The van der Waals surface area contributed by atoms with E-state index in [4.69, 9.17) is 0 Å². The van der Waals surface area contributed by atoms with Crippen molar-refractivity contribution < 1.29 is 5.11 Å². The number of hydrogen-bond donors (Lipinski definition) is 1. The van der Waals surface area contributed by atoms with Crippen LogP contribution in [-0.4, -0.2) is 59.8 Å². The first kappa shape index (κ1) is 11.1. The SMILES string of the molecule is C=C(CC)CC(O)C1CN2CCN1CC2. The Morgan fingerprint density at radius 2 is 2.07 bits per heavy atom. The molecule has 3 heteroatoms. The summed E-state index contributed by atoms with van der Waals surface area (Å²) in [4.78, 5) is 4.90. The van der Waals surface area contributed by atoms with Gasteiger partial charge in [0.2, 0.25) is 0 Å². The lowest BCUT2D eigenvalue weighted by Gasteiger charge is -2.49. The van der Waals surface area contributed by atoms with Crippen LogP contribution in [0.4, 0.5) is 0 Å². The Kier molecular flexibility index (Phi) is 3.44. The normalized spacial score (nSPS) is 36.5. The minimum atomic E-state index is -0.222. The van der Waals surface area contributed by atoms with E-state index < -0.39 is 0 Å². The van der Waals surface area contributed by atoms with E-state index in [1.54, 1.807) is 0 Å². The van der Waals surface area contributed by atoms with Crippen molar-refractivity contribution in [2.75, 3.05) is 32.7 Å². The van der Waals surface area contributed by atoms with Gasteiger partial charge in [-0.3, -0.25) is 9.80 Å². The van der Waals surface area contributed by atoms with Crippen LogP contribution >= 0.6 is 0 Å². The third-order valence-electron chi connectivity index (χ3n) is 3.76. The largest absolute Gasteiger partial charge is 0.391 e. The molecule has 0 aromatic carbocycles. The van der Waals surface area contributed by atoms with Gasteiger partial charge in [0.05, 0.1) is 6.10 Å². The molecule has 3 saturated heterocycles. The monoisotopic (exact) mass is 210 g/mol. The summed E-state index contributed by atoms with van der Waals surface area (Å²) in [5.41, 5.74) is 1.17. The molecule has 2 atom stereocenters. The zero-order chi connectivity index (χ0) is 10.8. The Morgan fingerprint density at radius 1 is 1.40 bits per heavy atom. The van der Waals surface area contributed by atoms with E-state index in [1.165, 1.54) is 18.7 Å². The highest BCUT2D eigenvalue weighted by Crippen LogP contribution is 2.21. The van der Waals surface area contributed by atoms with Crippen molar-refractivity contribution >= 4 is 0 Å². The summed E-state index contributed by atoms with van der Waals surface area (Å²) in [5.74, 6) is 0. The number of hydrogen-bond acceptors (Lipinski definition) is 3. The summed E-state index contributed by atoms with van der Waals surface area (Å²) >= 11 is 0. The molecule has 0 radical (unpaired) electrons. The second-order valence-electron chi connectivity index (χ2n) is 4.78. The number of aliphatic hydroxyl groups excluding tert-OH is 1. The Hall–Kier alpha value is -0.380. The molecule has 3 rings (SSSR count). The molecule has 3 fully saturated rings. The van der Waals surface area contributed by atoms with Crippen molar-refractivity contribution in [2.45, 2.75) is 31.9 Å². The molecule has 15 heavy (non-hydrogen) atoms. The maximum Gasteiger partial charge on any atom is 0.0744 e. The minimum absolute atomic E-state index is 0.222. The predicted molar refractivity (Wildman–Crippen MR) is 61.9 cm³/mol. The van der Waals surface area contributed by atoms with Crippen LogP contribution in [0, 0.1) is 0 Å². The van der Waals surface area contributed by atoms with E-state index in [1.807, 2.05) is 0 Å². The Bertz CT molecular complexity index is 234. The maximum atomic E-state index is 10.2. The summed E-state index contributed by atoms with van der Waals surface area (Å²) in [7, 11) is 0. The predicted octanol–water partition coefficient (Wildman–Crippen LogP) is 0.703. The molecule has 0 aromatic rings. The number of rotatable bonds is 4. The van der Waals surface area contributed by atoms with Crippen LogP contribution < -0.4 is 0 Å². The molecule has 3 heterocycles. The Morgan fingerprint density at radius 3 is 2.53 bits per heavy atom. The highest BCUT2D eigenvalue weighted by atomic mass is 16.3. The molecular formula is C12H22N2O. The molecule has 3 aliphatic rings. The summed E-state index contributed by atoms with van der Waals surface area (Å²) in [6, 6.07) is 0.343. The van der Waals surface area contributed by atoms with Crippen molar-refractivity contribution in [1.29, 1.82) is 0 Å². The van der Waals surface area contributed by atoms with Crippen LogP contribution in [0.2, 0.25) is 0 Å². The lowest BCUT2D eigenvalue weighted by Crippen LogP contribution is -2.64. The van der Waals surface area contributed by atoms with Crippen molar-refractivity contribution in [3.05, 3.63) is 12.2 Å². The lowest BCUT2D eigenvalue weighted by atomic mass is 9.96. The molecule has 0 aromatic heterocycles. The van der Waals surface area contributed by atoms with Gasteiger partial charge in [-0.25, -0.2) is 0 Å². The highest BCUT2D eigenvalue weighted by Gasteiger charge is 2.35. The van der Waals surface area contributed by atoms with E-state index in [9.17, 15) is 5.11 Å². The van der Waals surface area contributed by atoms with Gasteiger partial charge in [-0.1, -0.05) is 19.1 Å². The molecule has 0 spiro atoms. The van der Waals surface area contributed by atoms with E-state index in [0.29, 0.717) is 6.04 Å². The Balaban J connectivity index is 1.90. The van der Waals surface area contributed by atoms with Crippen LogP contribution in [0.1, 0.15) is 19.8 Å². The average molecular weight is 210 g/mol. The molecule has 0 saturated carbocycles. The summed E-state index contributed by atoms with van der Waals surface area (Å²) in [5, 5.41) is 10.2. The van der Waals surface area contributed by atoms with E-state index in [-0.39, 0.29) is 6.10 Å². The first-order valence-corrected chi connectivity index (χ1v) is 6.02. The van der Waals surface area contributed by atoms with Gasteiger partial charge in [0, 0.05) is 38.8 Å². The van der Waals surface area contributed by atoms with Crippen LogP contribution in [0.3, 0.4) is 0 Å².